The van der Waals surface area contributed by atoms with Crippen molar-refractivity contribution >= 4 is 17.6 Å². The van der Waals surface area contributed by atoms with Crippen molar-refractivity contribution in [2.75, 3.05) is 19.1 Å². The van der Waals surface area contributed by atoms with Crippen molar-refractivity contribution < 1.29 is 19.4 Å². The molecule has 0 aliphatic rings. The Balaban J connectivity index is 4.02. The lowest BCUT2D eigenvalue weighted by Crippen LogP contribution is -2.37. The van der Waals surface area contributed by atoms with E-state index >= 15 is 0 Å². The van der Waals surface area contributed by atoms with Gasteiger partial charge in [-0.3, -0.25) is 4.79 Å². The van der Waals surface area contributed by atoms with Gasteiger partial charge in [0.1, 0.15) is 6.42 Å². The first-order valence-corrected chi connectivity index (χ1v) is 4.69. The zero-order valence-electron chi connectivity index (χ0n) is 7.88. The summed E-state index contributed by atoms with van der Waals surface area (Å²) in [6.45, 7) is 3.98. The molecule has 0 aromatic rings. The van der Waals surface area contributed by atoms with Gasteiger partial charge in [0.15, 0.2) is 5.79 Å². The van der Waals surface area contributed by atoms with Crippen molar-refractivity contribution in [1.82, 2.24) is 0 Å². The third-order valence-electron chi connectivity index (χ3n) is 1.35. The summed E-state index contributed by atoms with van der Waals surface area (Å²) >= 11 is 5.45. The number of alkyl halides is 1. The van der Waals surface area contributed by atoms with Crippen LogP contribution in [0.15, 0.2) is 0 Å². The molecule has 0 fully saturated rings. The average molecular weight is 211 g/mol. The first-order valence-electron chi connectivity index (χ1n) is 4.16. The fourth-order valence-corrected chi connectivity index (χ4v) is 1.01. The molecule has 0 aromatic carbocycles. The summed E-state index contributed by atoms with van der Waals surface area (Å²) in [6, 6.07) is 0. The predicted molar refractivity (Wildman–Crippen MR) is 48.5 cm³/mol. The van der Waals surface area contributed by atoms with Gasteiger partial charge in [-0.05, 0) is 13.8 Å². The van der Waals surface area contributed by atoms with Gasteiger partial charge >= 0.3 is 5.97 Å². The van der Waals surface area contributed by atoms with Crippen molar-refractivity contribution in [2.45, 2.75) is 26.1 Å². The smallest absolute Gasteiger partial charge is 0.311 e. The number of hydrogen-bond donors (Lipinski definition) is 1. The van der Waals surface area contributed by atoms with E-state index in [-0.39, 0.29) is 18.9 Å². The summed E-state index contributed by atoms with van der Waals surface area (Å²) in [7, 11) is 0. The lowest BCUT2D eigenvalue weighted by Gasteiger charge is -2.23. The van der Waals surface area contributed by atoms with Crippen molar-refractivity contribution in [3.63, 3.8) is 0 Å². The van der Waals surface area contributed by atoms with E-state index in [1.165, 1.54) is 0 Å². The second kappa shape index (κ2) is 6.18. The van der Waals surface area contributed by atoms with Crippen LogP contribution in [0.5, 0.6) is 0 Å². The van der Waals surface area contributed by atoms with E-state index in [1.54, 1.807) is 13.8 Å². The fourth-order valence-electron chi connectivity index (χ4n) is 0.843. The maximum atomic E-state index is 11.0. The highest BCUT2D eigenvalue weighted by molar-refractivity contribution is 6.18. The van der Waals surface area contributed by atoms with E-state index < -0.39 is 11.8 Å². The second-order valence-corrected chi connectivity index (χ2v) is 2.76. The summed E-state index contributed by atoms with van der Waals surface area (Å²) < 4.78 is 9.57. The zero-order valence-corrected chi connectivity index (χ0v) is 8.63. The number of carbonyl (C=O) groups excluding carboxylic acids is 1. The highest BCUT2D eigenvalue weighted by atomic mass is 35.5. The maximum Gasteiger partial charge on any atom is 0.311 e. The van der Waals surface area contributed by atoms with Crippen LogP contribution in [0.1, 0.15) is 20.3 Å². The molecule has 1 N–H and O–H groups in total. The van der Waals surface area contributed by atoms with Crippen LogP contribution in [0.2, 0.25) is 0 Å². The number of hydrogen-bond acceptors (Lipinski definition) is 4. The molecule has 0 aliphatic carbocycles. The summed E-state index contributed by atoms with van der Waals surface area (Å²) in [6.07, 6.45) is -0.238. The van der Waals surface area contributed by atoms with Gasteiger partial charge in [0.2, 0.25) is 0 Å². The van der Waals surface area contributed by atoms with Gasteiger partial charge in [-0.15, -0.1) is 11.6 Å². The number of ether oxygens (including phenoxy) is 2. The Labute approximate surface area is 82.8 Å². The lowest BCUT2D eigenvalue weighted by molar-refractivity contribution is -0.198. The van der Waals surface area contributed by atoms with Crippen LogP contribution in [0.4, 0.5) is 0 Å². The summed E-state index contributed by atoms with van der Waals surface area (Å²) in [5, 5.41) is 9.56. The van der Waals surface area contributed by atoms with Crippen LogP contribution in [0.3, 0.4) is 0 Å². The summed E-state index contributed by atoms with van der Waals surface area (Å²) in [4.78, 5) is 11.0. The van der Waals surface area contributed by atoms with Gasteiger partial charge in [0, 0.05) is 6.61 Å². The van der Waals surface area contributed by atoms with Crippen molar-refractivity contribution in [3.05, 3.63) is 0 Å². The minimum Gasteiger partial charge on any atom is -0.466 e. The Hall–Kier alpha value is -0.320. The van der Waals surface area contributed by atoms with Crippen LogP contribution in [-0.2, 0) is 14.3 Å². The summed E-state index contributed by atoms with van der Waals surface area (Å²) in [5.74, 6) is -2.26. The van der Waals surface area contributed by atoms with Crippen molar-refractivity contribution in [1.29, 1.82) is 0 Å². The first-order chi connectivity index (χ1) is 6.08. The number of carbonyl (C=O) groups is 1. The molecule has 0 rings (SSSR count). The molecule has 1 atom stereocenters. The minimum absolute atomic E-state index is 0.153. The molecule has 0 aromatic heterocycles. The van der Waals surface area contributed by atoms with Gasteiger partial charge in [0.25, 0.3) is 0 Å². The molecule has 1 unspecified atom stereocenters. The lowest BCUT2D eigenvalue weighted by atomic mass is 10.2. The van der Waals surface area contributed by atoms with Crippen LogP contribution in [0, 0.1) is 0 Å². The molecule has 0 bridgehead atoms. The van der Waals surface area contributed by atoms with E-state index in [2.05, 4.69) is 4.74 Å². The number of esters is 1. The van der Waals surface area contributed by atoms with Crippen LogP contribution in [-0.4, -0.2) is 36.0 Å². The highest BCUT2D eigenvalue weighted by Crippen LogP contribution is 2.15. The Kier molecular flexibility index (Phi) is 6.03. The van der Waals surface area contributed by atoms with Crippen molar-refractivity contribution in [3.8, 4) is 0 Å². The molecule has 4 nitrogen and oxygen atoms in total. The molecule has 0 radical (unpaired) electrons. The molecule has 0 saturated heterocycles. The molecule has 0 amide bonds. The van der Waals surface area contributed by atoms with Crippen LogP contribution >= 0.6 is 11.6 Å². The Bertz CT molecular complexity index is 162. The molecular formula is C8H15ClO4. The average Bonchev–Trinajstić information content (AvgIpc) is 2.05. The maximum absolute atomic E-state index is 11.0. The van der Waals surface area contributed by atoms with E-state index in [0.717, 1.165) is 0 Å². The van der Waals surface area contributed by atoms with Gasteiger partial charge < -0.3 is 14.6 Å². The Morgan fingerprint density at radius 1 is 1.46 bits per heavy atom. The standard InChI is InChI=1S/C8H15ClO4/c1-3-12-7(10)5-8(11,6-9)13-4-2/h11H,3-6H2,1-2H3. The van der Waals surface area contributed by atoms with Crippen LogP contribution < -0.4 is 0 Å². The second-order valence-electron chi connectivity index (χ2n) is 2.49. The SMILES string of the molecule is CCOC(=O)CC(O)(CCl)OCC. The predicted octanol–water partition coefficient (Wildman–Crippen LogP) is 0.904. The van der Waals surface area contributed by atoms with E-state index in [9.17, 15) is 9.90 Å². The molecule has 0 spiro atoms. The molecule has 5 heteroatoms. The Morgan fingerprint density at radius 3 is 2.46 bits per heavy atom. The van der Waals surface area contributed by atoms with Gasteiger partial charge in [-0.25, -0.2) is 0 Å². The molecule has 0 heterocycles. The number of aliphatic hydroxyl groups is 1. The van der Waals surface area contributed by atoms with Crippen molar-refractivity contribution in [2.24, 2.45) is 0 Å². The normalized spacial score (nSPS) is 15.1. The molecule has 78 valence electrons. The quantitative estimate of drug-likeness (QED) is 0.402. The molecule has 0 aliphatic heterocycles. The monoisotopic (exact) mass is 210 g/mol. The molecule has 13 heavy (non-hydrogen) atoms. The minimum atomic E-state index is -1.59. The number of rotatable bonds is 6. The third kappa shape index (κ3) is 5.08. The van der Waals surface area contributed by atoms with E-state index in [0.29, 0.717) is 6.61 Å². The number of halogens is 1. The fraction of sp³-hybridized carbons (Fsp3) is 0.875. The first kappa shape index (κ1) is 12.7. The highest BCUT2D eigenvalue weighted by Gasteiger charge is 2.30. The topological polar surface area (TPSA) is 55.8 Å². The van der Waals surface area contributed by atoms with Gasteiger partial charge in [0.05, 0.1) is 12.5 Å². The van der Waals surface area contributed by atoms with E-state index in [1.807, 2.05) is 0 Å². The van der Waals surface area contributed by atoms with Crippen LogP contribution in [0.25, 0.3) is 0 Å². The third-order valence-corrected chi connectivity index (χ3v) is 1.77. The zero-order chi connectivity index (χ0) is 10.3. The Morgan fingerprint density at radius 2 is 2.08 bits per heavy atom. The molecule has 0 saturated carbocycles. The van der Waals surface area contributed by atoms with E-state index in [4.69, 9.17) is 16.3 Å². The van der Waals surface area contributed by atoms with Gasteiger partial charge in [-0.1, -0.05) is 0 Å². The van der Waals surface area contributed by atoms with Gasteiger partial charge in [-0.2, -0.15) is 0 Å². The largest absolute Gasteiger partial charge is 0.466 e. The summed E-state index contributed by atoms with van der Waals surface area (Å²) in [5.41, 5.74) is 0. The molecular weight excluding hydrogens is 196 g/mol.